The van der Waals surface area contributed by atoms with Crippen LogP contribution in [-0.2, 0) is 22.9 Å². The van der Waals surface area contributed by atoms with Gasteiger partial charge in [-0.2, -0.15) is 5.10 Å². The number of imidazole rings is 1. The van der Waals surface area contributed by atoms with E-state index in [0.29, 0.717) is 37.4 Å². The summed E-state index contributed by atoms with van der Waals surface area (Å²) in [7, 11) is -2.41. The Hall–Kier alpha value is -3.65. The van der Waals surface area contributed by atoms with Crippen LogP contribution in [0.4, 0.5) is 11.5 Å². The molecule has 0 spiro atoms. The van der Waals surface area contributed by atoms with Crippen LogP contribution in [0.3, 0.4) is 0 Å². The van der Waals surface area contributed by atoms with Crippen molar-refractivity contribution in [2.24, 2.45) is 0 Å². The number of ether oxygens (including phenoxy) is 2. The molecule has 0 bridgehead atoms. The summed E-state index contributed by atoms with van der Waals surface area (Å²) in [5, 5.41) is 8.48. The maximum absolute atomic E-state index is 6.23. The van der Waals surface area contributed by atoms with Crippen LogP contribution in [0.2, 0.25) is 51.4 Å². The second-order valence-corrected chi connectivity index (χ2v) is 24.5. The van der Waals surface area contributed by atoms with Gasteiger partial charge in [0.2, 0.25) is 0 Å². The minimum atomic E-state index is -1.22. The first-order valence-corrected chi connectivity index (χ1v) is 22.3. The van der Waals surface area contributed by atoms with Crippen LogP contribution < -0.4 is 5.32 Å². The van der Waals surface area contributed by atoms with E-state index in [1.165, 1.54) is 0 Å². The third-order valence-electron chi connectivity index (χ3n) is 7.02. The Morgan fingerprint density at radius 1 is 0.767 bits per heavy atom. The minimum Gasteiger partial charge on any atom is -0.361 e. The number of benzene rings is 2. The molecule has 0 amide bonds. The van der Waals surface area contributed by atoms with E-state index in [1.807, 2.05) is 65.5 Å². The van der Waals surface area contributed by atoms with Crippen molar-refractivity contribution >= 4 is 38.7 Å². The SMILES string of the molecule is C[Si](C)(C)CCOCn1cc(Nc2ccnc(-c3ccccc3)n2)c(-c2nc3ccccc3n2COCC[Si](C)(C)C)n1. The molecular formula is C32H43N7O2Si2. The average Bonchev–Trinajstić information content (AvgIpc) is 3.53. The van der Waals surface area contributed by atoms with E-state index >= 15 is 0 Å². The average molecular weight is 614 g/mol. The zero-order valence-corrected chi connectivity index (χ0v) is 28.2. The molecule has 0 aliphatic carbocycles. The molecule has 43 heavy (non-hydrogen) atoms. The molecule has 1 N–H and O–H groups in total. The molecule has 0 radical (unpaired) electrons. The molecule has 0 aliphatic rings. The molecule has 0 atom stereocenters. The number of nitrogens with zero attached hydrogens (tertiary/aromatic N) is 6. The molecule has 3 heterocycles. The summed E-state index contributed by atoms with van der Waals surface area (Å²) in [6, 6.07) is 22.2. The monoisotopic (exact) mass is 613 g/mol. The number of para-hydroxylation sites is 2. The third kappa shape index (κ3) is 8.47. The zero-order valence-electron chi connectivity index (χ0n) is 26.2. The Balaban J connectivity index is 1.48. The van der Waals surface area contributed by atoms with Gasteiger partial charge in [-0.1, -0.05) is 81.7 Å². The molecule has 11 heteroatoms. The number of hydrogen-bond donors (Lipinski definition) is 1. The van der Waals surface area contributed by atoms with Crippen LogP contribution >= 0.6 is 0 Å². The van der Waals surface area contributed by atoms with Gasteiger partial charge in [0.05, 0.1) is 22.9 Å². The smallest absolute Gasteiger partial charge is 0.165 e. The third-order valence-corrected chi connectivity index (χ3v) is 10.4. The van der Waals surface area contributed by atoms with Gasteiger partial charge in [0.1, 0.15) is 19.3 Å². The molecule has 2 aromatic carbocycles. The standard InChI is InChI=1S/C32H43N7O2Si2/c1-42(2,3)20-18-40-23-38-22-27(34-29-16-17-33-31(36-29)25-12-8-7-9-13-25)30(37-38)32-35-26-14-10-11-15-28(26)39(32)24-41-19-21-43(4,5)6/h7-17,22H,18-21,23-24H2,1-6H3,(H,33,34,36). The van der Waals surface area contributed by atoms with Crippen molar-refractivity contribution in [3.05, 3.63) is 73.1 Å². The Bertz CT molecular complexity index is 1640. The molecule has 226 valence electrons. The highest BCUT2D eigenvalue weighted by Crippen LogP contribution is 2.32. The molecule has 3 aromatic heterocycles. The van der Waals surface area contributed by atoms with Gasteiger partial charge in [0.25, 0.3) is 0 Å². The summed E-state index contributed by atoms with van der Waals surface area (Å²) < 4.78 is 16.2. The van der Waals surface area contributed by atoms with Crippen molar-refractivity contribution in [2.75, 3.05) is 18.5 Å². The van der Waals surface area contributed by atoms with Crippen LogP contribution in [0, 0.1) is 0 Å². The largest absolute Gasteiger partial charge is 0.361 e. The van der Waals surface area contributed by atoms with E-state index in [2.05, 4.69) is 60.2 Å². The second-order valence-electron chi connectivity index (χ2n) is 13.2. The van der Waals surface area contributed by atoms with Gasteiger partial charge >= 0.3 is 0 Å². The van der Waals surface area contributed by atoms with E-state index in [1.54, 1.807) is 6.20 Å². The predicted octanol–water partition coefficient (Wildman–Crippen LogP) is 7.73. The first kappa shape index (κ1) is 30.8. The number of fused-ring (bicyclic) bond motifs is 1. The number of rotatable bonds is 14. The lowest BCUT2D eigenvalue weighted by atomic mass is 10.2. The topological polar surface area (TPSA) is 91.9 Å². The maximum atomic E-state index is 6.23. The van der Waals surface area contributed by atoms with Gasteiger partial charge in [-0.3, -0.25) is 4.57 Å². The Morgan fingerprint density at radius 2 is 1.44 bits per heavy atom. The molecule has 5 rings (SSSR count). The molecule has 0 aliphatic heterocycles. The summed E-state index contributed by atoms with van der Waals surface area (Å²) >= 11 is 0. The number of anilines is 2. The van der Waals surface area contributed by atoms with Crippen molar-refractivity contribution in [1.29, 1.82) is 0 Å². The Kier molecular flexibility index (Phi) is 9.55. The van der Waals surface area contributed by atoms with Crippen LogP contribution in [0.25, 0.3) is 33.9 Å². The van der Waals surface area contributed by atoms with Gasteiger partial charge in [-0.05, 0) is 30.3 Å². The highest BCUT2D eigenvalue weighted by Gasteiger charge is 2.21. The first-order valence-electron chi connectivity index (χ1n) is 14.9. The summed E-state index contributed by atoms with van der Waals surface area (Å²) in [6.07, 6.45) is 3.73. The molecule has 5 aromatic rings. The lowest BCUT2D eigenvalue weighted by Gasteiger charge is -2.16. The van der Waals surface area contributed by atoms with Gasteiger partial charge in [-0.15, -0.1) is 0 Å². The number of hydrogen-bond acceptors (Lipinski definition) is 7. The lowest BCUT2D eigenvalue weighted by molar-refractivity contribution is 0.0786. The van der Waals surface area contributed by atoms with Crippen molar-refractivity contribution in [3.8, 4) is 22.9 Å². The van der Waals surface area contributed by atoms with Crippen molar-refractivity contribution in [1.82, 2.24) is 29.3 Å². The summed E-state index contributed by atoms with van der Waals surface area (Å²) in [5.41, 5.74) is 4.34. The molecule has 0 fully saturated rings. The van der Waals surface area contributed by atoms with Gasteiger partial charge in [0.15, 0.2) is 17.3 Å². The fourth-order valence-electron chi connectivity index (χ4n) is 4.49. The van der Waals surface area contributed by atoms with Gasteiger partial charge < -0.3 is 14.8 Å². The molecule has 9 nitrogen and oxygen atoms in total. The normalized spacial score (nSPS) is 12.2. The summed E-state index contributed by atoms with van der Waals surface area (Å²) in [6.45, 7) is 16.3. The zero-order chi connectivity index (χ0) is 30.5. The van der Waals surface area contributed by atoms with Crippen LogP contribution in [0.1, 0.15) is 0 Å². The van der Waals surface area contributed by atoms with E-state index < -0.39 is 16.1 Å². The Morgan fingerprint density at radius 3 is 2.16 bits per heavy atom. The number of aromatic nitrogens is 6. The molecule has 0 saturated heterocycles. The quantitative estimate of drug-likeness (QED) is 0.101. The highest BCUT2D eigenvalue weighted by atomic mass is 28.3. The van der Waals surface area contributed by atoms with Crippen LogP contribution in [-0.4, -0.2) is 58.7 Å². The van der Waals surface area contributed by atoms with E-state index in [0.717, 1.165) is 46.8 Å². The van der Waals surface area contributed by atoms with E-state index in [9.17, 15) is 0 Å². The van der Waals surface area contributed by atoms with Crippen LogP contribution in [0.5, 0.6) is 0 Å². The first-order chi connectivity index (χ1) is 20.6. The summed E-state index contributed by atoms with van der Waals surface area (Å²) in [5.74, 6) is 2.05. The Labute approximate surface area is 256 Å². The van der Waals surface area contributed by atoms with Crippen molar-refractivity contribution < 1.29 is 9.47 Å². The van der Waals surface area contributed by atoms with Crippen molar-refractivity contribution in [2.45, 2.75) is 64.8 Å². The molecule has 0 saturated carbocycles. The molecular weight excluding hydrogens is 571 g/mol. The van der Waals surface area contributed by atoms with Crippen LogP contribution in [0.15, 0.2) is 73.1 Å². The van der Waals surface area contributed by atoms with Gasteiger partial charge in [0, 0.05) is 41.1 Å². The van der Waals surface area contributed by atoms with E-state index in [4.69, 9.17) is 24.5 Å². The van der Waals surface area contributed by atoms with E-state index in [-0.39, 0.29) is 0 Å². The predicted molar refractivity (Wildman–Crippen MR) is 180 cm³/mol. The number of nitrogens with one attached hydrogen (secondary N) is 1. The van der Waals surface area contributed by atoms with Crippen molar-refractivity contribution in [3.63, 3.8) is 0 Å². The van der Waals surface area contributed by atoms with Gasteiger partial charge in [-0.25, -0.2) is 19.6 Å². The fraction of sp³-hybridized carbons (Fsp3) is 0.375. The lowest BCUT2D eigenvalue weighted by Crippen LogP contribution is -2.22. The highest BCUT2D eigenvalue weighted by molar-refractivity contribution is 6.76. The second kappa shape index (κ2) is 13.3. The summed E-state index contributed by atoms with van der Waals surface area (Å²) in [4.78, 5) is 14.3. The molecule has 0 unspecified atom stereocenters. The fourth-order valence-corrected chi connectivity index (χ4v) is 6.01. The maximum Gasteiger partial charge on any atom is 0.165 e. The minimum absolute atomic E-state index is 0.352.